The number of carboxylic acid groups (broad SMARTS) is 1. The normalized spacial score (nSPS) is 18.3. The molecule has 12 nitrogen and oxygen atoms in total. The fraction of sp³-hybridized carbons (Fsp3) is 0.739. The van der Waals surface area contributed by atoms with E-state index >= 15 is 0 Å². The standard InChI is InChI=1S/C69H116O12/c1-4-7-10-13-16-19-22-25-28-30-31-33-36-39-42-45-48-51-54-57-63(72)80-67-65(74)64(73)66(68(75)76)81-69(67)78-59-60(79-62(71)56-53-50-47-44-41-38-34-27-24-21-18-15-12-9-6-3)58-77-61(70)55-52-49-46-43-40-37-35-32-29-26-23-20-17-14-11-8-5-2/h8,11,16-17,19-20,25-26,28-29,35,37,43,46,60,64-67,69,73-74H,4-7,9-10,12-15,18,21-24,27,30-34,36,38-42,44-45,47-59H2,1-3H3,(H,75,76)/b11-8-,19-16-,20-17-,28-25-,29-26-,37-35-,46-43-. The molecule has 1 aliphatic rings. The molecule has 6 atom stereocenters. The molecule has 0 aromatic carbocycles. The number of carboxylic acids is 1. The van der Waals surface area contributed by atoms with Crippen molar-refractivity contribution in [3.8, 4) is 0 Å². The lowest BCUT2D eigenvalue weighted by Gasteiger charge is -2.40. The van der Waals surface area contributed by atoms with Crippen LogP contribution in [0.1, 0.15) is 278 Å². The molecule has 0 radical (unpaired) electrons. The summed E-state index contributed by atoms with van der Waals surface area (Å²) in [5, 5.41) is 31.6. The second-order valence-electron chi connectivity index (χ2n) is 22.0. The Balaban J connectivity index is 2.68. The van der Waals surface area contributed by atoms with Gasteiger partial charge in [0.1, 0.15) is 18.8 Å². The summed E-state index contributed by atoms with van der Waals surface area (Å²) >= 11 is 0. The van der Waals surface area contributed by atoms with Gasteiger partial charge >= 0.3 is 23.9 Å². The molecular weight excluding hydrogens is 1020 g/mol. The quantitative estimate of drug-likeness (QED) is 0.0228. The lowest BCUT2D eigenvalue weighted by atomic mass is 9.98. The van der Waals surface area contributed by atoms with Crippen molar-refractivity contribution in [3.63, 3.8) is 0 Å². The number of ether oxygens (including phenoxy) is 5. The average Bonchev–Trinajstić information content (AvgIpc) is 3.53. The number of carbonyl (C=O) groups is 4. The highest BCUT2D eigenvalue weighted by Gasteiger charge is 2.50. The molecule has 1 heterocycles. The number of unbranched alkanes of at least 4 members (excludes halogenated alkanes) is 27. The zero-order valence-corrected chi connectivity index (χ0v) is 51.3. The van der Waals surface area contributed by atoms with Gasteiger partial charge in [-0.25, -0.2) is 4.79 Å². The van der Waals surface area contributed by atoms with E-state index < -0.39 is 67.3 Å². The topological polar surface area (TPSA) is 175 Å². The van der Waals surface area contributed by atoms with Crippen molar-refractivity contribution in [2.24, 2.45) is 0 Å². The van der Waals surface area contributed by atoms with Crippen molar-refractivity contribution >= 4 is 23.9 Å². The number of aliphatic hydroxyl groups excluding tert-OH is 2. The molecule has 1 aliphatic heterocycles. The predicted octanol–water partition coefficient (Wildman–Crippen LogP) is 17.5. The minimum absolute atomic E-state index is 0.0487. The number of aliphatic hydroxyl groups is 2. The lowest BCUT2D eigenvalue weighted by Crippen LogP contribution is -2.61. The summed E-state index contributed by atoms with van der Waals surface area (Å²) in [6.07, 6.45) is 61.1. The molecule has 0 aliphatic carbocycles. The maximum atomic E-state index is 13.2. The van der Waals surface area contributed by atoms with E-state index in [1.807, 2.05) is 6.08 Å². The molecule has 0 saturated carbocycles. The summed E-state index contributed by atoms with van der Waals surface area (Å²) in [5.74, 6) is -3.19. The van der Waals surface area contributed by atoms with E-state index in [2.05, 4.69) is 99.8 Å². The van der Waals surface area contributed by atoms with Crippen LogP contribution in [0.2, 0.25) is 0 Å². The maximum Gasteiger partial charge on any atom is 0.335 e. The van der Waals surface area contributed by atoms with Gasteiger partial charge in [-0.3, -0.25) is 14.4 Å². The molecule has 464 valence electrons. The first-order chi connectivity index (χ1) is 39.6. The van der Waals surface area contributed by atoms with Crippen molar-refractivity contribution in [3.05, 3.63) is 85.1 Å². The largest absolute Gasteiger partial charge is 0.479 e. The zero-order valence-electron chi connectivity index (χ0n) is 51.3. The van der Waals surface area contributed by atoms with Crippen LogP contribution in [0.5, 0.6) is 0 Å². The third kappa shape index (κ3) is 46.0. The van der Waals surface area contributed by atoms with Crippen LogP contribution in [0.25, 0.3) is 0 Å². The van der Waals surface area contributed by atoms with Crippen molar-refractivity contribution in [2.75, 3.05) is 13.2 Å². The number of hydrogen-bond donors (Lipinski definition) is 3. The van der Waals surface area contributed by atoms with Crippen molar-refractivity contribution in [1.82, 2.24) is 0 Å². The predicted molar refractivity (Wildman–Crippen MR) is 331 cm³/mol. The molecule has 1 rings (SSSR count). The molecule has 12 heteroatoms. The van der Waals surface area contributed by atoms with Gasteiger partial charge in [0.2, 0.25) is 0 Å². The van der Waals surface area contributed by atoms with Gasteiger partial charge in [0, 0.05) is 19.3 Å². The second-order valence-corrected chi connectivity index (χ2v) is 22.0. The highest BCUT2D eigenvalue weighted by molar-refractivity contribution is 5.74. The van der Waals surface area contributed by atoms with Gasteiger partial charge in [-0.1, -0.05) is 254 Å². The van der Waals surface area contributed by atoms with Gasteiger partial charge in [0.15, 0.2) is 24.6 Å². The number of aliphatic carboxylic acids is 1. The molecule has 81 heavy (non-hydrogen) atoms. The van der Waals surface area contributed by atoms with Crippen LogP contribution in [-0.4, -0.2) is 89.2 Å². The number of esters is 3. The minimum atomic E-state index is -1.91. The van der Waals surface area contributed by atoms with E-state index in [-0.39, 0.29) is 25.9 Å². The number of hydrogen-bond acceptors (Lipinski definition) is 11. The number of allylic oxidation sites excluding steroid dienone is 14. The SMILES string of the molecule is CC/C=C\C/C=C\C/C=C\C/C=C\C/C=C\CCCC(=O)OCC(COC1OC(C(=O)O)C(O)C(O)C1OC(=O)CCCCCCCCCCC/C=C\C/C=C\CCCCC)OC(=O)CCCCCCCCCCCCCCCCC. The van der Waals surface area contributed by atoms with Gasteiger partial charge in [0.05, 0.1) is 6.61 Å². The van der Waals surface area contributed by atoms with E-state index in [1.54, 1.807) is 0 Å². The molecule has 1 saturated heterocycles. The fourth-order valence-corrected chi connectivity index (χ4v) is 9.49. The van der Waals surface area contributed by atoms with E-state index in [1.165, 1.54) is 122 Å². The average molecular weight is 1140 g/mol. The van der Waals surface area contributed by atoms with Crippen LogP contribution < -0.4 is 0 Å². The highest BCUT2D eigenvalue weighted by atomic mass is 16.7. The van der Waals surface area contributed by atoms with E-state index in [4.69, 9.17) is 23.7 Å². The third-order valence-electron chi connectivity index (χ3n) is 14.5. The van der Waals surface area contributed by atoms with Gasteiger partial charge in [-0.05, 0) is 89.9 Å². The molecule has 0 aromatic rings. The Kier molecular flexibility index (Phi) is 52.1. The number of rotatable bonds is 55. The Labute approximate surface area is 492 Å². The molecule has 1 fully saturated rings. The Morgan fingerprint density at radius 2 is 0.790 bits per heavy atom. The van der Waals surface area contributed by atoms with Gasteiger partial charge < -0.3 is 39.0 Å². The van der Waals surface area contributed by atoms with Gasteiger partial charge in [0.25, 0.3) is 0 Å². The second kappa shape index (κ2) is 56.4. The van der Waals surface area contributed by atoms with Crippen LogP contribution in [0.4, 0.5) is 0 Å². The first kappa shape index (κ1) is 74.9. The van der Waals surface area contributed by atoms with Crippen molar-refractivity contribution in [2.45, 2.75) is 314 Å². The van der Waals surface area contributed by atoms with E-state index in [0.29, 0.717) is 25.7 Å². The Morgan fingerprint density at radius 3 is 1.25 bits per heavy atom. The minimum Gasteiger partial charge on any atom is -0.479 e. The molecule has 3 N–H and O–H groups in total. The van der Waals surface area contributed by atoms with Crippen LogP contribution in [-0.2, 0) is 42.9 Å². The maximum absolute atomic E-state index is 13.2. The Hall–Kier alpha value is -4.10. The van der Waals surface area contributed by atoms with Crippen LogP contribution in [0.3, 0.4) is 0 Å². The summed E-state index contributed by atoms with van der Waals surface area (Å²) in [4.78, 5) is 51.3. The lowest BCUT2D eigenvalue weighted by molar-refractivity contribution is -0.301. The fourth-order valence-electron chi connectivity index (χ4n) is 9.49. The summed E-state index contributed by atoms with van der Waals surface area (Å²) in [7, 11) is 0. The zero-order chi connectivity index (χ0) is 58.9. The molecule has 6 unspecified atom stereocenters. The van der Waals surface area contributed by atoms with Crippen LogP contribution in [0.15, 0.2) is 85.1 Å². The molecular formula is C69H116O12. The third-order valence-corrected chi connectivity index (χ3v) is 14.5. The van der Waals surface area contributed by atoms with Crippen LogP contribution >= 0.6 is 0 Å². The van der Waals surface area contributed by atoms with E-state index in [0.717, 1.165) is 89.9 Å². The van der Waals surface area contributed by atoms with Crippen molar-refractivity contribution in [1.29, 1.82) is 0 Å². The summed E-state index contributed by atoms with van der Waals surface area (Å²) in [6.45, 7) is 5.84. The molecule has 0 amide bonds. The molecule has 0 aromatic heterocycles. The highest BCUT2D eigenvalue weighted by Crippen LogP contribution is 2.27. The van der Waals surface area contributed by atoms with E-state index in [9.17, 15) is 34.5 Å². The Bertz CT molecular complexity index is 1730. The smallest absolute Gasteiger partial charge is 0.335 e. The summed E-state index contributed by atoms with van der Waals surface area (Å²) in [6, 6.07) is 0. The monoisotopic (exact) mass is 1140 g/mol. The molecule has 0 bridgehead atoms. The number of carbonyl (C=O) groups excluding carboxylic acids is 3. The van der Waals surface area contributed by atoms with Gasteiger partial charge in [-0.2, -0.15) is 0 Å². The summed E-state index contributed by atoms with van der Waals surface area (Å²) < 4.78 is 28.5. The molecule has 0 spiro atoms. The first-order valence-electron chi connectivity index (χ1n) is 32.6. The Morgan fingerprint density at radius 1 is 0.420 bits per heavy atom. The summed E-state index contributed by atoms with van der Waals surface area (Å²) in [5.41, 5.74) is 0. The first-order valence-corrected chi connectivity index (χ1v) is 32.6. The van der Waals surface area contributed by atoms with Gasteiger partial charge in [-0.15, -0.1) is 0 Å². The van der Waals surface area contributed by atoms with Crippen molar-refractivity contribution < 1.29 is 58.2 Å². The van der Waals surface area contributed by atoms with Crippen LogP contribution in [0, 0.1) is 0 Å².